The number of anilines is 1. The number of phenols is 1. The second-order valence-electron chi connectivity index (χ2n) is 6.34. The number of phenolic OH excluding ortho intramolecular Hbond substituents is 1. The van der Waals surface area contributed by atoms with Crippen molar-refractivity contribution in [3.63, 3.8) is 0 Å². The number of hydrogen-bond donors (Lipinski definition) is 2. The molecule has 0 bridgehead atoms. The lowest BCUT2D eigenvalue weighted by molar-refractivity contribution is -0.120. The predicted octanol–water partition coefficient (Wildman–Crippen LogP) is 2.20. The summed E-state index contributed by atoms with van der Waals surface area (Å²) >= 11 is 0. The van der Waals surface area contributed by atoms with Crippen LogP contribution in [0.1, 0.15) is 24.0 Å². The fraction of sp³-hybridized carbons (Fsp3) is 0.389. The van der Waals surface area contributed by atoms with Crippen LogP contribution in [-0.4, -0.2) is 39.5 Å². The Morgan fingerprint density at radius 1 is 1.25 bits per heavy atom. The number of aromatic hydroxyl groups is 1. The number of amides is 1. The summed E-state index contributed by atoms with van der Waals surface area (Å²) in [5.41, 5.74) is 3.12. The van der Waals surface area contributed by atoms with Crippen LogP contribution in [-0.2, 0) is 4.79 Å². The SMILES string of the molecule is Cc1cc(C)c(-c2ccc(N3CC(CO)CCC3=O)nn2)c(O)c1. The van der Waals surface area contributed by atoms with Crippen LogP contribution in [0.3, 0.4) is 0 Å². The molecule has 1 aromatic carbocycles. The number of hydrogen-bond acceptors (Lipinski definition) is 5. The third kappa shape index (κ3) is 3.10. The van der Waals surface area contributed by atoms with Gasteiger partial charge in [-0.3, -0.25) is 9.69 Å². The number of rotatable bonds is 3. The lowest BCUT2D eigenvalue weighted by Crippen LogP contribution is -2.41. The van der Waals surface area contributed by atoms with Crippen LogP contribution in [0.2, 0.25) is 0 Å². The molecule has 6 nitrogen and oxygen atoms in total. The number of aryl methyl sites for hydroxylation is 2. The molecule has 0 aliphatic carbocycles. The van der Waals surface area contributed by atoms with Crippen LogP contribution in [0.4, 0.5) is 5.82 Å². The van der Waals surface area contributed by atoms with Gasteiger partial charge in [0.2, 0.25) is 5.91 Å². The summed E-state index contributed by atoms with van der Waals surface area (Å²) < 4.78 is 0. The first kappa shape index (κ1) is 16.4. The summed E-state index contributed by atoms with van der Waals surface area (Å²) in [7, 11) is 0. The molecule has 24 heavy (non-hydrogen) atoms. The van der Waals surface area contributed by atoms with Gasteiger partial charge in [0.15, 0.2) is 5.82 Å². The number of aliphatic hydroxyl groups is 1. The number of piperidine rings is 1. The van der Waals surface area contributed by atoms with E-state index in [1.54, 1.807) is 23.1 Å². The van der Waals surface area contributed by atoms with Crippen molar-refractivity contribution >= 4 is 11.7 Å². The molecule has 1 atom stereocenters. The Kier molecular flexibility index (Phi) is 4.49. The molecule has 0 radical (unpaired) electrons. The molecule has 0 spiro atoms. The Hall–Kier alpha value is -2.47. The van der Waals surface area contributed by atoms with Crippen LogP contribution in [0.5, 0.6) is 5.75 Å². The van der Waals surface area contributed by atoms with Gasteiger partial charge < -0.3 is 10.2 Å². The number of aromatic nitrogens is 2. The normalized spacial score (nSPS) is 18.0. The first-order valence-electron chi connectivity index (χ1n) is 8.05. The summed E-state index contributed by atoms with van der Waals surface area (Å²) in [6.07, 6.45) is 1.11. The third-order valence-corrected chi connectivity index (χ3v) is 4.41. The van der Waals surface area contributed by atoms with Gasteiger partial charge in [0.05, 0.1) is 5.69 Å². The molecule has 1 unspecified atom stereocenters. The molecule has 1 fully saturated rings. The highest BCUT2D eigenvalue weighted by molar-refractivity contribution is 5.93. The second-order valence-corrected chi connectivity index (χ2v) is 6.34. The Morgan fingerprint density at radius 2 is 2.04 bits per heavy atom. The van der Waals surface area contributed by atoms with E-state index in [-0.39, 0.29) is 24.2 Å². The molecule has 2 heterocycles. The largest absolute Gasteiger partial charge is 0.507 e. The lowest BCUT2D eigenvalue weighted by atomic mass is 9.98. The highest BCUT2D eigenvalue weighted by Gasteiger charge is 2.27. The average Bonchev–Trinajstić information content (AvgIpc) is 2.55. The first-order valence-corrected chi connectivity index (χ1v) is 8.05. The third-order valence-electron chi connectivity index (χ3n) is 4.41. The van der Waals surface area contributed by atoms with Crippen LogP contribution < -0.4 is 4.90 Å². The van der Waals surface area contributed by atoms with Gasteiger partial charge in [0, 0.05) is 31.1 Å². The molecule has 1 aliphatic rings. The molecule has 1 saturated heterocycles. The molecule has 2 aromatic rings. The van der Waals surface area contributed by atoms with Gasteiger partial charge in [0.1, 0.15) is 5.75 Å². The lowest BCUT2D eigenvalue weighted by Gasteiger charge is -2.30. The van der Waals surface area contributed by atoms with Gasteiger partial charge in [-0.05, 0) is 49.6 Å². The van der Waals surface area contributed by atoms with E-state index < -0.39 is 0 Å². The van der Waals surface area contributed by atoms with E-state index in [0.29, 0.717) is 36.5 Å². The second kappa shape index (κ2) is 6.57. The van der Waals surface area contributed by atoms with E-state index in [1.807, 2.05) is 19.9 Å². The summed E-state index contributed by atoms with van der Waals surface area (Å²) in [4.78, 5) is 13.7. The molecule has 2 N–H and O–H groups in total. The Morgan fingerprint density at radius 3 is 2.67 bits per heavy atom. The van der Waals surface area contributed by atoms with E-state index in [9.17, 15) is 15.0 Å². The summed E-state index contributed by atoms with van der Waals surface area (Å²) in [5.74, 6) is 0.721. The van der Waals surface area contributed by atoms with Gasteiger partial charge >= 0.3 is 0 Å². The first-order chi connectivity index (χ1) is 11.5. The van der Waals surface area contributed by atoms with E-state index in [1.165, 1.54) is 0 Å². The van der Waals surface area contributed by atoms with Gasteiger partial charge in [0.25, 0.3) is 0 Å². The van der Waals surface area contributed by atoms with Gasteiger partial charge in [-0.25, -0.2) is 0 Å². The zero-order chi connectivity index (χ0) is 17.3. The van der Waals surface area contributed by atoms with E-state index in [4.69, 9.17) is 0 Å². The maximum Gasteiger partial charge on any atom is 0.228 e. The van der Waals surface area contributed by atoms with Crippen molar-refractivity contribution in [2.45, 2.75) is 26.7 Å². The minimum absolute atomic E-state index is 0.00360. The maximum absolute atomic E-state index is 12.1. The van der Waals surface area contributed by atoms with Crippen molar-refractivity contribution in [1.82, 2.24) is 10.2 Å². The molecule has 126 valence electrons. The van der Waals surface area contributed by atoms with Crippen molar-refractivity contribution in [2.75, 3.05) is 18.1 Å². The van der Waals surface area contributed by atoms with Gasteiger partial charge in [-0.2, -0.15) is 0 Å². The van der Waals surface area contributed by atoms with Crippen molar-refractivity contribution in [3.8, 4) is 17.0 Å². The highest BCUT2D eigenvalue weighted by Crippen LogP contribution is 2.32. The molecular formula is C18H21N3O3. The zero-order valence-electron chi connectivity index (χ0n) is 13.9. The Balaban J connectivity index is 1.90. The maximum atomic E-state index is 12.1. The van der Waals surface area contributed by atoms with Gasteiger partial charge in [-0.1, -0.05) is 6.07 Å². The molecular weight excluding hydrogens is 306 g/mol. The smallest absolute Gasteiger partial charge is 0.228 e. The predicted molar refractivity (Wildman–Crippen MR) is 90.8 cm³/mol. The van der Waals surface area contributed by atoms with Crippen LogP contribution in [0.25, 0.3) is 11.3 Å². The standard InChI is InChI=1S/C18H21N3O3/c1-11-7-12(2)18(15(23)8-11)14-4-5-16(20-19-14)21-9-13(10-22)3-6-17(21)24/h4-5,7-8,13,22-23H,3,6,9-10H2,1-2H3. The van der Waals surface area contributed by atoms with Crippen LogP contribution in [0, 0.1) is 19.8 Å². The summed E-state index contributed by atoms with van der Waals surface area (Å²) in [6, 6.07) is 7.16. The monoisotopic (exact) mass is 327 g/mol. The molecule has 6 heteroatoms. The fourth-order valence-corrected chi connectivity index (χ4v) is 3.17. The minimum Gasteiger partial charge on any atom is -0.507 e. The summed E-state index contributed by atoms with van der Waals surface area (Å²) in [6.45, 7) is 4.35. The molecule has 3 rings (SSSR count). The number of carbonyl (C=O) groups excluding carboxylic acids is 1. The molecule has 0 saturated carbocycles. The van der Waals surface area contributed by atoms with E-state index >= 15 is 0 Å². The van der Waals surface area contributed by atoms with Crippen molar-refractivity contribution in [2.24, 2.45) is 5.92 Å². The average molecular weight is 327 g/mol. The number of carbonyl (C=O) groups is 1. The summed E-state index contributed by atoms with van der Waals surface area (Å²) in [5, 5.41) is 27.9. The highest BCUT2D eigenvalue weighted by atomic mass is 16.3. The Labute approximate surface area is 140 Å². The molecule has 1 amide bonds. The van der Waals surface area contributed by atoms with E-state index in [2.05, 4.69) is 10.2 Å². The minimum atomic E-state index is -0.00360. The van der Waals surface area contributed by atoms with Gasteiger partial charge in [-0.15, -0.1) is 10.2 Å². The molecule has 1 aliphatic heterocycles. The van der Waals surface area contributed by atoms with Crippen molar-refractivity contribution in [1.29, 1.82) is 0 Å². The fourth-order valence-electron chi connectivity index (χ4n) is 3.17. The number of aliphatic hydroxyl groups excluding tert-OH is 1. The van der Waals surface area contributed by atoms with Crippen molar-refractivity contribution in [3.05, 3.63) is 35.4 Å². The van der Waals surface area contributed by atoms with E-state index in [0.717, 1.165) is 11.1 Å². The van der Waals surface area contributed by atoms with Crippen LogP contribution >= 0.6 is 0 Å². The zero-order valence-corrected chi connectivity index (χ0v) is 13.9. The van der Waals surface area contributed by atoms with Crippen LogP contribution in [0.15, 0.2) is 24.3 Å². The number of benzene rings is 1. The van der Waals surface area contributed by atoms with Crippen molar-refractivity contribution < 1.29 is 15.0 Å². The number of nitrogens with zero attached hydrogens (tertiary/aromatic N) is 3. The Bertz CT molecular complexity index is 736. The quantitative estimate of drug-likeness (QED) is 0.902. The molecule has 1 aromatic heterocycles. The topological polar surface area (TPSA) is 86.5 Å².